The van der Waals surface area contributed by atoms with Crippen LogP contribution in [0.1, 0.15) is 38.2 Å². The molecule has 2 heterocycles. The molecule has 1 aliphatic heterocycles. The van der Waals surface area contributed by atoms with E-state index in [-0.39, 0.29) is 17.8 Å². The molecule has 1 aromatic heterocycles. The third-order valence-electron chi connectivity index (χ3n) is 5.45. The van der Waals surface area contributed by atoms with Gasteiger partial charge >= 0.3 is 0 Å². The molecule has 2 aromatic carbocycles. The second-order valence-corrected chi connectivity index (χ2v) is 7.53. The smallest absolute Gasteiger partial charge is 0.240 e. The minimum atomic E-state index is -0.385. The molecule has 3 aromatic rings. The lowest BCUT2D eigenvalue weighted by Gasteiger charge is -2.19. The van der Waals surface area contributed by atoms with Gasteiger partial charge in [0.2, 0.25) is 6.08 Å². The van der Waals surface area contributed by atoms with Crippen molar-refractivity contribution in [3.8, 4) is 5.75 Å². The van der Waals surface area contributed by atoms with E-state index < -0.39 is 0 Å². The molecule has 0 amide bonds. The molecular weight excluding hydrogens is 399 g/mol. The Bertz CT molecular complexity index is 1140. The van der Waals surface area contributed by atoms with Crippen molar-refractivity contribution in [2.75, 3.05) is 18.5 Å². The largest absolute Gasteiger partial charge is 0.486 e. The summed E-state index contributed by atoms with van der Waals surface area (Å²) >= 11 is 0. The van der Waals surface area contributed by atoms with Crippen molar-refractivity contribution in [1.29, 1.82) is 0 Å². The van der Waals surface area contributed by atoms with Crippen LogP contribution in [-0.4, -0.2) is 35.4 Å². The number of isocyanates is 1. The molecule has 31 heavy (non-hydrogen) atoms. The number of anilines is 2. The summed E-state index contributed by atoms with van der Waals surface area (Å²) in [6, 6.07) is 7.93. The molecular formula is C23H23FN4O3. The monoisotopic (exact) mass is 422 g/mol. The highest BCUT2D eigenvalue weighted by atomic mass is 19.1. The van der Waals surface area contributed by atoms with Gasteiger partial charge in [0, 0.05) is 17.9 Å². The second kappa shape index (κ2) is 9.20. The number of nitrogens with zero attached hydrogens (tertiary/aromatic N) is 3. The van der Waals surface area contributed by atoms with Gasteiger partial charge in [-0.05, 0) is 42.2 Å². The van der Waals surface area contributed by atoms with E-state index in [0.29, 0.717) is 41.7 Å². The van der Waals surface area contributed by atoms with Crippen LogP contribution in [0, 0.1) is 5.82 Å². The highest BCUT2D eigenvalue weighted by Crippen LogP contribution is 2.37. The third kappa shape index (κ3) is 4.55. The zero-order valence-corrected chi connectivity index (χ0v) is 17.4. The molecule has 0 radical (unpaired) electrons. The fourth-order valence-corrected chi connectivity index (χ4v) is 3.64. The summed E-state index contributed by atoms with van der Waals surface area (Å²) in [5, 5.41) is 4.12. The average molecular weight is 422 g/mol. The molecule has 0 saturated carbocycles. The van der Waals surface area contributed by atoms with Gasteiger partial charge in [0.25, 0.3) is 0 Å². The number of aromatic nitrogens is 2. The van der Waals surface area contributed by atoms with Crippen molar-refractivity contribution in [2.24, 2.45) is 4.99 Å². The van der Waals surface area contributed by atoms with Crippen LogP contribution < -0.4 is 10.1 Å². The van der Waals surface area contributed by atoms with E-state index in [9.17, 15) is 9.18 Å². The van der Waals surface area contributed by atoms with Crippen molar-refractivity contribution in [1.82, 2.24) is 9.97 Å². The summed E-state index contributed by atoms with van der Waals surface area (Å²) < 4.78 is 25.3. The van der Waals surface area contributed by atoms with Crippen LogP contribution in [0.25, 0.3) is 10.9 Å². The number of rotatable bonds is 7. The maximum atomic E-state index is 13.9. The Morgan fingerprint density at radius 3 is 2.97 bits per heavy atom. The molecule has 8 heteroatoms. The number of hydrogen-bond acceptors (Lipinski definition) is 7. The van der Waals surface area contributed by atoms with E-state index in [0.717, 1.165) is 23.8 Å². The summed E-state index contributed by atoms with van der Waals surface area (Å²) in [6.45, 7) is 5.28. The van der Waals surface area contributed by atoms with Crippen molar-refractivity contribution in [2.45, 2.75) is 38.7 Å². The fourth-order valence-electron chi connectivity index (χ4n) is 3.64. The number of carbonyl (C=O) groups excluding carboxylic acids is 1. The summed E-state index contributed by atoms with van der Waals surface area (Å²) in [4.78, 5) is 23.4. The predicted octanol–water partition coefficient (Wildman–Crippen LogP) is 5.16. The van der Waals surface area contributed by atoms with Crippen molar-refractivity contribution >= 4 is 34.2 Å². The molecule has 1 N–H and O–H groups in total. The van der Waals surface area contributed by atoms with Crippen molar-refractivity contribution in [3.63, 3.8) is 0 Å². The van der Waals surface area contributed by atoms with Gasteiger partial charge in [-0.15, -0.1) is 0 Å². The van der Waals surface area contributed by atoms with Crippen LogP contribution in [0.4, 0.5) is 21.6 Å². The van der Waals surface area contributed by atoms with Gasteiger partial charge in [-0.25, -0.2) is 19.2 Å². The van der Waals surface area contributed by atoms with Gasteiger partial charge in [-0.3, -0.25) is 0 Å². The predicted molar refractivity (Wildman–Crippen MR) is 116 cm³/mol. The molecule has 2 unspecified atom stereocenters. The fraction of sp³-hybridized carbons (Fsp3) is 0.348. The lowest BCUT2D eigenvalue weighted by atomic mass is 9.94. The zero-order chi connectivity index (χ0) is 21.8. The number of benzene rings is 2. The number of nitrogens with one attached hydrogen (secondary N) is 1. The first-order chi connectivity index (χ1) is 15.1. The van der Waals surface area contributed by atoms with Crippen LogP contribution in [0.15, 0.2) is 41.7 Å². The van der Waals surface area contributed by atoms with Gasteiger partial charge in [0.05, 0.1) is 30.1 Å². The Balaban J connectivity index is 1.79. The maximum Gasteiger partial charge on any atom is 0.240 e. The average Bonchev–Trinajstić information content (AvgIpc) is 3.28. The first-order valence-corrected chi connectivity index (χ1v) is 10.3. The van der Waals surface area contributed by atoms with E-state index in [4.69, 9.17) is 9.47 Å². The molecule has 1 saturated heterocycles. The first-order valence-electron chi connectivity index (χ1n) is 10.3. The Morgan fingerprint density at radius 1 is 1.35 bits per heavy atom. The Labute approximate surface area is 179 Å². The van der Waals surface area contributed by atoms with E-state index >= 15 is 0 Å². The summed E-state index contributed by atoms with van der Waals surface area (Å²) in [5.74, 6) is 0.759. The maximum absolute atomic E-state index is 13.9. The molecule has 0 aliphatic carbocycles. The van der Waals surface area contributed by atoms with Crippen LogP contribution in [0.5, 0.6) is 5.75 Å². The van der Waals surface area contributed by atoms with E-state index in [1.807, 2.05) is 6.07 Å². The number of fused-ring (bicyclic) bond motifs is 1. The number of ether oxygens (including phenoxy) is 2. The third-order valence-corrected chi connectivity index (χ3v) is 5.45. The summed E-state index contributed by atoms with van der Waals surface area (Å²) in [7, 11) is 0. The molecule has 4 rings (SSSR count). The van der Waals surface area contributed by atoms with Crippen molar-refractivity contribution in [3.05, 3.63) is 48.0 Å². The molecule has 1 fully saturated rings. The van der Waals surface area contributed by atoms with Gasteiger partial charge in [0.1, 0.15) is 29.8 Å². The molecule has 160 valence electrons. The number of hydrogen-bond donors (Lipinski definition) is 1. The van der Waals surface area contributed by atoms with Crippen molar-refractivity contribution < 1.29 is 18.7 Å². The van der Waals surface area contributed by atoms with E-state index in [1.54, 1.807) is 18.2 Å². The minimum Gasteiger partial charge on any atom is -0.486 e. The highest BCUT2D eigenvalue weighted by molar-refractivity contribution is 5.96. The second-order valence-electron chi connectivity index (χ2n) is 7.53. The topological polar surface area (TPSA) is 85.7 Å². The summed E-state index contributed by atoms with van der Waals surface area (Å²) in [5.41, 5.74) is 2.71. The Morgan fingerprint density at radius 2 is 2.23 bits per heavy atom. The van der Waals surface area contributed by atoms with Crippen LogP contribution in [0.3, 0.4) is 0 Å². The number of aliphatic imine (C=N–C) groups is 1. The first kappa shape index (κ1) is 20.9. The molecule has 7 nitrogen and oxygen atoms in total. The molecule has 2 atom stereocenters. The SMILES string of the molecule is CCC(C)c1cc(N=C=O)cc2ncnc(Nc3ccc(F)cc3OC3CCOC3)c12. The standard InChI is InChI=1S/C23H23FN4O3/c1-3-14(2)18-9-16(27-13-29)10-20-22(18)23(26-12-25-20)28-19-5-4-15(24)8-21(19)31-17-6-7-30-11-17/h4-5,8-10,12,14,17H,3,6-7,11H2,1-2H3,(H,25,26,28). The van der Waals surface area contributed by atoms with Gasteiger partial charge in [0.15, 0.2) is 0 Å². The summed E-state index contributed by atoms with van der Waals surface area (Å²) in [6.07, 6.45) is 4.54. The molecule has 0 spiro atoms. The normalized spacial score (nSPS) is 16.7. The van der Waals surface area contributed by atoms with Gasteiger partial charge in [-0.2, -0.15) is 4.99 Å². The van der Waals surface area contributed by atoms with Crippen LogP contribution in [-0.2, 0) is 9.53 Å². The van der Waals surface area contributed by atoms with Crippen LogP contribution in [0.2, 0.25) is 0 Å². The highest BCUT2D eigenvalue weighted by Gasteiger charge is 2.21. The lowest BCUT2D eigenvalue weighted by Crippen LogP contribution is -2.16. The Kier molecular flexibility index (Phi) is 6.21. The quantitative estimate of drug-likeness (QED) is 0.418. The Hall–Kier alpha value is -3.35. The minimum absolute atomic E-state index is 0.121. The number of halogens is 1. The molecule has 0 bridgehead atoms. The van der Waals surface area contributed by atoms with E-state index in [1.165, 1.54) is 18.5 Å². The molecule has 1 aliphatic rings. The van der Waals surface area contributed by atoms with E-state index in [2.05, 4.69) is 34.1 Å². The van der Waals surface area contributed by atoms with Crippen LogP contribution >= 0.6 is 0 Å². The zero-order valence-electron chi connectivity index (χ0n) is 17.4. The lowest BCUT2D eigenvalue weighted by molar-refractivity contribution is 0.141. The van der Waals surface area contributed by atoms with Gasteiger partial charge in [-0.1, -0.05) is 13.8 Å². The van der Waals surface area contributed by atoms with Gasteiger partial charge < -0.3 is 14.8 Å².